The van der Waals surface area contributed by atoms with Crippen LogP contribution in [0.1, 0.15) is 37.0 Å². The molecule has 0 saturated heterocycles. The molecule has 174 valence electrons. The van der Waals surface area contributed by atoms with Gasteiger partial charge in [0.2, 0.25) is 0 Å². The highest BCUT2D eigenvalue weighted by Gasteiger charge is 2.33. The molecule has 33 heavy (non-hydrogen) atoms. The number of aromatic nitrogens is 2. The summed E-state index contributed by atoms with van der Waals surface area (Å²) in [6.45, 7) is 7.23. The minimum Gasteiger partial charge on any atom is -0.394 e. The van der Waals surface area contributed by atoms with Gasteiger partial charge in [0, 0.05) is 18.7 Å². The second-order valence-electron chi connectivity index (χ2n) is 9.25. The summed E-state index contributed by atoms with van der Waals surface area (Å²) in [5.41, 5.74) is 1.65. The van der Waals surface area contributed by atoms with E-state index in [1.54, 1.807) is 0 Å². The van der Waals surface area contributed by atoms with E-state index in [2.05, 4.69) is 5.32 Å². The van der Waals surface area contributed by atoms with Crippen molar-refractivity contribution in [2.45, 2.75) is 44.8 Å². The second kappa shape index (κ2) is 9.59. The number of fused-ring (bicyclic) bond motifs is 1. The van der Waals surface area contributed by atoms with Crippen LogP contribution in [-0.4, -0.2) is 48.3 Å². The third-order valence-electron chi connectivity index (χ3n) is 5.93. The standard InChI is InChI=1S/C25H30N4O3S/c1-25(2,3)21(17-30)26-24(31)22-20-16-28(33(32)19-12-8-5-9-13-19)14-15-29(20)23(27-22)18-10-6-4-7-11-18/h4-13,21,30H,14-17H2,1-3H3,(H,26,31). The zero-order chi connectivity index (χ0) is 23.6. The lowest BCUT2D eigenvalue weighted by Gasteiger charge is -2.30. The molecule has 2 N–H and O–H groups in total. The number of aliphatic hydroxyl groups is 1. The Morgan fingerprint density at radius 2 is 1.73 bits per heavy atom. The van der Waals surface area contributed by atoms with Crippen LogP contribution < -0.4 is 5.32 Å². The average Bonchev–Trinajstić information content (AvgIpc) is 3.21. The minimum absolute atomic E-state index is 0.166. The molecule has 0 fully saturated rings. The molecule has 2 aromatic carbocycles. The van der Waals surface area contributed by atoms with Gasteiger partial charge < -0.3 is 15.0 Å². The van der Waals surface area contributed by atoms with E-state index in [0.29, 0.717) is 25.3 Å². The molecule has 1 amide bonds. The van der Waals surface area contributed by atoms with Gasteiger partial charge in [-0.2, -0.15) is 0 Å². The Labute approximate surface area is 197 Å². The summed E-state index contributed by atoms with van der Waals surface area (Å²) < 4.78 is 17.1. The van der Waals surface area contributed by atoms with Crippen LogP contribution in [-0.2, 0) is 24.1 Å². The summed E-state index contributed by atoms with van der Waals surface area (Å²) in [5.74, 6) is 0.388. The van der Waals surface area contributed by atoms with Gasteiger partial charge in [-0.15, -0.1) is 0 Å². The lowest BCUT2D eigenvalue weighted by atomic mass is 9.87. The third-order valence-corrected chi connectivity index (χ3v) is 7.39. The number of imidazole rings is 1. The summed E-state index contributed by atoms with van der Waals surface area (Å²) in [4.78, 5) is 18.8. The number of rotatable bonds is 6. The number of nitrogens with zero attached hydrogens (tertiary/aromatic N) is 3. The van der Waals surface area contributed by atoms with Crippen LogP contribution in [0.4, 0.5) is 0 Å². The van der Waals surface area contributed by atoms with Gasteiger partial charge >= 0.3 is 0 Å². The smallest absolute Gasteiger partial charge is 0.272 e. The molecule has 2 heterocycles. The van der Waals surface area contributed by atoms with Crippen molar-refractivity contribution in [3.8, 4) is 11.4 Å². The Morgan fingerprint density at radius 1 is 1.09 bits per heavy atom. The number of hydrogen-bond donors (Lipinski definition) is 2. The second-order valence-corrected chi connectivity index (χ2v) is 10.7. The van der Waals surface area contributed by atoms with Crippen molar-refractivity contribution in [2.24, 2.45) is 5.41 Å². The number of hydrogen-bond acceptors (Lipinski definition) is 4. The Hall–Kier alpha value is -2.81. The van der Waals surface area contributed by atoms with Crippen LogP contribution in [0.15, 0.2) is 65.6 Å². The summed E-state index contributed by atoms with van der Waals surface area (Å²) in [5, 5.41) is 12.8. The molecular weight excluding hydrogens is 436 g/mol. The summed E-state index contributed by atoms with van der Waals surface area (Å²) in [7, 11) is -1.34. The van der Waals surface area contributed by atoms with Gasteiger partial charge in [0.05, 0.1) is 29.8 Å². The van der Waals surface area contributed by atoms with Crippen LogP contribution in [0.3, 0.4) is 0 Å². The van der Waals surface area contributed by atoms with E-state index in [0.717, 1.165) is 22.0 Å². The van der Waals surface area contributed by atoms with Crippen LogP contribution in [0, 0.1) is 5.41 Å². The number of nitrogens with one attached hydrogen (secondary N) is 1. The number of carbonyl (C=O) groups is 1. The molecule has 3 aromatic rings. The molecule has 2 unspecified atom stereocenters. The summed E-state index contributed by atoms with van der Waals surface area (Å²) in [6, 6.07) is 18.7. The summed E-state index contributed by atoms with van der Waals surface area (Å²) >= 11 is 0. The van der Waals surface area contributed by atoms with E-state index >= 15 is 0 Å². The maximum absolute atomic E-state index is 13.3. The Kier molecular flexibility index (Phi) is 6.78. The van der Waals surface area contributed by atoms with E-state index in [4.69, 9.17) is 4.98 Å². The van der Waals surface area contributed by atoms with Crippen molar-refractivity contribution < 1.29 is 14.1 Å². The topological polar surface area (TPSA) is 87.5 Å². The van der Waals surface area contributed by atoms with Crippen LogP contribution in [0.5, 0.6) is 0 Å². The molecule has 8 heteroatoms. The molecule has 1 aromatic heterocycles. The van der Waals surface area contributed by atoms with Crippen molar-refractivity contribution in [1.29, 1.82) is 0 Å². The predicted octanol–water partition coefficient (Wildman–Crippen LogP) is 3.23. The number of carbonyl (C=O) groups excluding carboxylic acids is 1. The Balaban J connectivity index is 1.71. The van der Waals surface area contributed by atoms with Gasteiger partial charge in [0.1, 0.15) is 16.8 Å². The van der Waals surface area contributed by atoms with Gasteiger partial charge in [-0.05, 0) is 17.5 Å². The molecule has 2 atom stereocenters. The lowest BCUT2D eigenvalue weighted by molar-refractivity contribution is 0.0841. The van der Waals surface area contributed by atoms with E-state index in [-0.39, 0.29) is 17.9 Å². The zero-order valence-electron chi connectivity index (χ0n) is 19.2. The van der Waals surface area contributed by atoms with Gasteiger partial charge in [0.25, 0.3) is 5.91 Å². The van der Waals surface area contributed by atoms with Crippen molar-refractivity contribution in [1.82, 2.24) is 19.2 Å². The molecule has 0 bridgehead atoms. The Morgan fingerprint density at radius 3 is 2.33 bits per heavy atom. The average molecular weight is 467 g/mol. The quantitative estimate of drug-likeness (QED) is 0.584. The molecule has 7 nitrogen and oxygen atoms in total. The zero-order valence-corrected chi connectivity index (χ0v) is 20.0. The fourth-order valence-electron chi connectivity index (χ4n) is 3.92. The van der Waals surface area contributed by atoms with E-state index in [1.807, 2.05) is 90.3 Å². The monoisotopic (exact) mass is 466 g/mol. The maximum atomic E-state index is 13.3. The fraction of sp³-hybridized carbons (Fsp3) is 0.360. The van der Waals surface area contributed by atoms with Crippen molar-refractivity contribution in [3.63, 3.8) is 0 Å². The van der Waals surface area contributed by atoms with Gasteiger partial charge in [-0.25, -0.2) is 13.5 Å². The maximum Gasteiger partial charge on any atom is 0.272 e. The summed E-state index contributed by atoms with van der Waals surface area (Å²) in [6.07, 6.45) is 0. The molecular formula is C25H30N4O3S. The predicted molar refractivity (Wildman–Crippen MR) is 129 cm³/mol. The minimum atomic E-state index is -1.34. The third kappa shape index (κ3) is 4.93. The highest BCUT2D eigenvalue weighted by Crippen LogP contribution is 2.29. The van der Waals surface area contributed by atoms with Gasteiger partial charge in [-0.3, -0.25) is 4.79 Å². The number of benzene rings is 2. The molecule has 0 aliphatic carbocycles. The van der Waals surface area contributed by atoms with Crippen molar-refractivity contribution in [2.75, 3.05) is 13.2 Å². The number of aliphatic hydroxyl groups excluding tert-OH is 1. The SMILES string of the molecule is CC(C)(C)C(CO)NC(=O)c1nc(-c2ccccc2)n2c1CN(S(=O)c1ccccc1)CC2. The van der Waals surface area contributed by atoms with Gasteiger partial charge in [-0.1, -0.05) is 69.3 Å². The van der Waals surface area contributed by atoms with Gasteiger partial charge in [0.15, 0.2) is 5.69 Å². The first kappa shape index (κ1) is 23.4. The normalized spacial score (nSPS) is 16.1. The molecule has 0 spiro atoms. The van der Waals surface area contributed by atoms with Crippen LogP contribution in [0.25, 0.3) is 11.4 Å². The van der Waals surface area contributed by atoms with E-state index in [1.165, 1.54) is 0 Å². The van der Waals surface area contributed by atoms with Crippen LogP contribution >= 0.6 is 0 Å². The largest absolute Gasteiger partial charge is 0.394 e. The molecule has 1 aliphatic rings. The molecule has 0 radical (unpaired) electrons. The fourth-order valence-corrected chi connectivity index (χ4v) is 5.10. The Bertz CT molecular complexity index is 1140. The highest BCUT2D eigenvalue weighted by atomic mass is 32.2. The first-order valence-electron chi connectivity index (χ1n) is 11.1. The highest BCUT2D eigenvalue weighted by molar-refractivity contribution is 7.82. The van der Waals surface area contributed by atoms with Crippen molar-refractivity contribution >= 4 is 16.9 Å². The molecule has 0 saturated carbocycles. The van der Waals surface area contributed by atoms with E-state index < -0.39 is 17.0 Å². The van der Waals surface area contributed by atoms with E-state index in [9.17, 15) is 14.1 Å². The molecule has 4 rings (SSSR count). The number of amides is 1. The van der Waals surface area contributed by atoms with Crippen LogP contribution in [0.2, 0.25) is 0 Å². The lowest BCUT2D eigenvalue weighted by Crippen LogP contribution is -2.46. The molecule has 1 aliphatic heterocycles. The first-order chi connectivity index (χ1) is 15.8. The van der Waals surface area contributed by atoms with Crippen molar-refractivity contribution in [3.05, 3.63) is 72.1 Å². The first-order valence-corrected chi connectivity index (χ1v) is 12.2.